The smallest absolute Gasteiger partial charge is 0.227 e. The zero-order chi connectivity index (χ0) is 22.2. The molecule has 2 aliphatic rings. The van der Waals surface area contributed by atoms with E-state index in [1.165, 1.54) is 6.20 Å². The summed E-state index contributed by atoms with van der Waals surface area (Å²) < 4.78 is 24.7. The van der Waals surface area contributed by atoms with E-state index in [-0.39, 0.29) is 35.0 Å². The van der Waals surface area contributed by atoms with Crippen LogP contribution in [0.25, 0.3) is 11.5 Å². The summed E-state index contributed by atoms with van der Waals surface area (Å²) >= 11 is 0. The van der Waals surface area contributed by atoms with Crippen LogP contribution in [0.15, 0.2) is 35.5 Å². The minimum atomic E-state index is -3.51. The number of piperidine rings is 1. The first-order valence-corrected chi connectivity index (χ1v) is 12.1. The van der Waals surface area contributed by atoms with Gasteiger partial charge in [-0.05, 0) is 25.0 Å². The number of rotatable bonds is 4. The predicted molar refractivity (Wildman–Crippen MR) is 113 cm³/mol. The Labute approximate surface area is 181 Å². The lowest BCUT2D eigenvalue weighted by Crippen LogP contribution is -2.42. The van der Waals surface area contributed by atoms with Crippen molar-refractivity contribution in [2.45, 2.75) is 30.1 Å². The molecule has 2 aromatic heterocycles. The van der Waals surface area contributed by atoms with Crippen LogP contribution in [-0.4, -0.2) is 77.9 Å². The number of aromatic nitrogens is 3. The molecular formula is C21H25N5O4S. The van der Waals surface area contributed by atoms with Crippen LogP contribution in [0.2, 0.25) is 0 Å². The van der Waals surface area contributed by atoms with Gasteiger partial charge in [0.15, 0.2) is 15.7 Å². The SMILES string of the molecule is CN1CC(C(=O)N2CCC(c3nc(-c4ccccn4)ncc3S(C)(=O)=O)CC2)CC1=O. The van der Waals surface area contributed by atoms with Crippen molar-refractivity contribution >= 4 is 21.7 Å². The van der Waals surface area contributed by atoms with E-state index in [1.54, 1.807) is 35.2 Å². The van der Waals surface area contributed by atoms with E-state index in [1.807, 2.05) is 6.07 Å². The number of likely N-dealkylation sites (tertiary alicyclic amines) is 2. The number of carbonyl (C=O) groups excluding carboxylic acids is 2. The zero-order valence-corrected chi connectivity index (χ0v) is 18.4. The second kappa shape index (κ2) is 8.33. The highest BCUT2D eigenvalue weighted by molar-refractivity contribution is 7.90. The lowest BCUT2D eigenvalue weighted by molar-refractivity contribution is -0.136. The molecule has 164 valence electrons. The summed E-state index contributed by atoms with van der Waals surface area (Å²) in [6.07, 6.45) is 5.61. The number of hydrogen-bond acceptors (Lipinski definition) is 7. The van der Waals surface area contributed by atoms with Gasteiger partial charge in [-0.2, -0.15) is 0 Å². The molecule has 2 aromatic rings. The average molecular weight is 444 g/mol. The van der Waals surface area contributed by atoms with Crippen molar-refractivity contribution in [3.63, 3.8) is 0 Å². The Morgan fingerprint density at radius 3 is 2.48 bits per heavy atom. The van der Waals surface area contributed by atoms with Crippen LogP contribution >= 0.6 is 0 Å². The highest BCUT2D eigenvalue weighted by Gasteiger charge is 2.37. The molecule has 0 saturated carbocycles. The number of pyridine rings is 1. The Morgan fingerprint density at radius 2 is 1.90 bits per heavy atom. The lowest BCUT2D eigenvalue weighted by atomic mass is 9.92. The molecular weight excluding hydrogens is 418 g/mol. The van der Waals surface area contributed by atoms with E-state index < -0.39 is 9.84 Å². The van der Waals surface area contributed by atoms with Gasteiger partial charge in [0.2, 0.25) is 11.8 Å². The number of sulfone groups is 1. The van der Waals surface area contributed by atoms with E-state index in [9.17, 15) is 18.0 Å². The fourth-order valence-corrected chi connectivity index (χ4v) is 5.08. The third-order valence-electron chi connectivity index (χ3n) is 5.96. The molecule has 0 bridgehead atoms. The van der Waals surface area contributed by atoms with Gasteiger partial charge in [-0.3, -0.25) is 14.6 Å². The number of amides is 2. The molecule has 2 amide bonds. The Bertz CT molecular complexity index is 1100. The van der Waals surface area contributed by atoms with Crippen molar-refractivity contribution < 1.29 is 18.0 Å². The van der Waals surface area contributed by atoms with E-state index >= 15 is 0 Å². The van der Waals surface area contributed by atoms with E-state index in [0.29, 0.717) is 49.7 Å². The van der Waals surface area contributed by atoms with Crippen LogP contribution in [0.4, 0.5) is 0 Å². The largest absolute Gasteiger partial charge is 0.345 e. The zero-order valence-electron chi connectivity index (χ0n) is 17.6. The van der Waals surface area contributed by atoms with Crippen molar-refractivity contribution in [1.29, 1.82) is 0 Å². The van der Waals surface area contributed by atoms with Crippen LogP contribution in [0, 0.1) is 5.92 Å². The summed E-state index contributed by atoms with van der Waals surface area (Å²) in [5.41, 5.74) is 1.06. The maximum absolute atomic E-state index is 12.8. The standard InChI is InChI=1S/C21H25N5O4S/c1-25-13-15(11-18(25)27)21(28)26-9-6-14(7-10-26)19-17(31(2,29)30)12-23-20(24-19)16-5-3-4-8-22-16/h3-5,8,12,14-15H,6-7,9-11,13H2,1-2H3. The molecule has 1 unspecified atom stereocenters. The first-order chi connectivity index (χ1) is 14.7. The molecule has 4 heterocycles. The topological polar surface area (TPSA) is 113 Å². The van der Waals surface area contributed by atoms with Gasteiger partial charge in [0.25, 0.3) is 0 Å². The molecule has 9 nitrogen and oxygen atoms in total. The first kappa shape index (κ1) is 21.4. The van der Waals surface area contributed by atoms with Crippen molar-refractivity contribution in [3.05, 3.63) is 36.3 Å². The lowest BCUT2D eigenvalue weighted by Gasteiger charge is -2.33. The minimum absolute atomic E-state index is 0.00338. The summed E-state index contributed by atoms with van der Waals surface area (Å²) in [6, 6.07) is 5.39. The number of hydrogen-bond donors (Lipinski definition) is 0. The summed E-state index contributed by atoms with van der Waals surface area (Å²) in [6.45, 7) is 1.46. The summed E-state index contributed by atoms with van der Waals surface area (Å²) in [5.74, 6) is -0.0259. The molecule has 31 heavy (non-hydrogen) atoms. The average Bonchev–Trinajstić information content (AvgIpc) is 3.11. The number of carbonyl (C=O) groups is 2. The van der Waals surface area contributed by atoms with Crippen LogP contribution in [0.1, 0.15) is 30.9 Å². The predicted octanol–water partition coefficient (Wildman–Crippen LogP) is 1.13. The molecule has 0 spiro atoms. The van der Waals surface area contributed by atoms with E-state index in [4.69, 9.17) is 0 Å². The fourth-order valence-electron chi connectivity index (χ4n) is 4.24. The Kier molecular flexibility index (Phi) is 5.74. The van der Waals surface area contributed by atoms with Crippen LogP contribution in [0.5, 0.6) is 0 Å². The Morgan fingerprint density at radius 1 is 1.16 bits per heavy atom. The van der Waals surface area contributed by atoms with Gasteiger partial charge in [-0.1, -0.05) is 6.07 Å². The van der Waals surface area contributed by atoms with Gasteiger partial charge >= 0.3 is 0 Å². The van der Waals surface area contributed by atoms with Gasteiger partial charge in [0.1, 0.15) is 10.6 Å². The normalized spacial score (nSPS) is 20.3. The molecule has 10 heteroatoms. The van der Waals surface area contributed by atoms with Gasteiger partial charge in [0, 0.05) is 57.7 Å². The van der Waals surface area contributed by atoms with Crippen molar-refractivity contribution in [2.75, 3.05) is 32.9 Å². The van der Waals surface area contributed by atoms with Gasteiger partial charge < -0.3 is 9.80 Å². The minimum Gasteiger partial charge on any atom is -0.345 e. The molecule has 2 aliphatic heterocycles. The molecule has 4 rings (SSSR count). The first-order valence-electron chi connectivity index (χ1n) is 10.2. The summed E-state index contributed by atoms with van der Waals surface area (Å²) in [4.78, 5) is 41.2. The summed E-state index contributed by atoms with van der Waals surface area (Å²) in [5, 5.41) is 0. The van der Waals surface area contributed by atoms with Crippen LogP contribution in [0.3, 0.4) is 0 Å². The third kappa shape index (κ3) is 4.43. The molecule has 2 fully saturated rings. The monoisotopic (exact) mass is 443 g/mol. The summed E-state index contributed by atoms with van der Waals surface area (Å²) in [7, 11) is -1.79. The van der Waals surface area contributed by atoms with Crippen molar-refractivity contribution in [2.24, 2.45) is 5.92 Å². The molecule has 2 saturated heterocycles. The van der Waals surface area contributed by atoms with Crippen molar-refractivity contribution in [3.8, 4) is 11.5 Å². The molecule has 0 N–H and O–H groups in total. The van der Waals surface area contributed by atoms with Crippen LogP contribution in [-0.2, 0) is 19.4 Å². The Balaban J connectivity index is 1.54. The highest BCUT2D eigenvalue weighted by Crippen LogP contribution is 2.33. The second-order valence-electron chi connectivity index (χ2n) is 8.21. The van der Waals surface area contributed by atoms with Gasteiger partial charge in [0.05, 0.1) is 11.6 Å². The van der Waals surface area contributed by atoms with Gasteiger partial charge in [-0.25, -0.2) is 18.4 Å². The fraction of sp³-hybridized carbons (Fsp3) is 0.476. The second-order valence-corrected chi connectivity index (χ2v) is 10.2. The molecule has 1 atom stereocenters. The third-order valence-corrected chi connectivity index (χ3v) is 7.07. The van der Waals surface area contributed by atoms with Crippen LogP contribution < -0.4 is 0 Å². The van der Waals surface area contributed by atoms with E-state index in [0.717, 1.165) is 6.26 Å². The molecule has 0 aliphatic carbocycles. The molecule has 0 radical (unpaired) electrons. The van der Waals surface area contributed by atoms with Gasteiger partial charge in [-0.15, -0.1) is 0 Å². The quantitative estimate of drug-likeness (QED) is 0.696. The maximum Gasteiger partial charge on any atom is 0.227 e. The highest BCUT2D eigenvalue weighted by atomic mass is 32.2. The maximum atomic E-state index is 12.8. The number of nitrogens with zero attached hydrogens (tertiary/aromatic N) is 5. The van der Waals surface area contributed by atoms with Crippen molar-refractivity contribution in [1.82, 2.24) is 24.8 Å². The molecule has 0 aromatic carbocycles. The van der Waals surface area contributed by atoms with E-state index in [2.05, 4.69) is 15.0 Å². The Hall–Kier alpha value is -2.88.